The molecule has 0 aliphatic carbocycles. The van der Waals surface area contributed by atoms with Crippen molar-refractivity contribution in [1.82, 2.24) is 0 Å². The van der Waals surface area contributed by atoms with E-state index in [1.54, 1.807) is 17.5 Å². The van der Waals surface area contributed by atoms with Gasteiger partial charge >= 0.3 is 0 Å². The Bertz CT molecular complexity index is 523. The molecule has 0 fully saturated rings. The lowest BCUT2D eigenvalue weighted by atomic mass is 10.1. The van der Waals surface area contributed by atoms with Crippen LogP contribution in [-0.2, 0) is 6.42 Å². The van der Waals surface area contributed by atoms with Crippen molar-refractivity contribution in [2.75, 3.05) is 7.11 Å². The van der Waals surface area contributed by atoms with Crippen molar-refractivity contribution in [3.8, 4) is 16.2 Å². The average Bonchev–Trinajstić information content (AvgIpc) is 2.70. The Morgan fingerprint density at radius 1 is 1.19 bits per heavy atom. The van der Waals surface area contributed by atoms with Crippen LogP contribution in [0.3, 0.4) is 0 Å². The maximum atomic E-state index is 11.6. The van der Waals surface area contributed by atoms with E-state index in [4.69, 9.17) is 4.74 Å². The maximum absolute atomic E-state index is 11.6. The first kappa shape index (κ1) is 11.4. The van der Waals surface area contributed by atoms with Gasteiger partial charge in [-0.3, -0.25) is 4.79 Å². The Kier molecular flexibility index (Phi) is 3.41. The van der Waals surface area contributed by atoms with Gasteiger partial charge in [0.2, 0.25) is 4.74 Å². The molecule has 1 aromatic carbocycles. The molecule has 0 spiro atoms. The number of hydrogen-bond donors (Lipinski definition) is 0. The molecule has 0 unspecified atom stereocenters. The van der Waals surface area contributed by atoms with Gasteiger partial charge in [0.25, 0.3) is 0 Å². The first-order valence-corrected chi connectivity index (χ1v) is 7.17. The molecule has 0 radical (unpaired) electrons. The summed E-state index contributed by atoms with van der Waals surface area (Å²) in [5.74, 6) is 0.837. The van der Waals surface area contributed by atoms with Crippen LogP contribution in [0.2, 0.25) is 0 Å². The summed E-state index contributed by atoms with van der Waals surface area (Å²) in [5.41, 5.74) is 2.03. The van der Waals surface area contributed by atoms with E-state index in [0.717, 1.165) is 28.2 Å². The molecular formula is C12H12O2S2. The van der Waals surface area contributed by atoms with Crippen LogP contribution in [0.25, 0.3) is 10.4 Å². The first-order valence-electron chi connectivity index (χ1n) is 5.02. The molecule has 0 amide bonds. The van der Waals surface area contributed by atoms with Crippen molar-refractivity contribution in [2.24, 2.45) is 0 Å². The zero-order valence-electron chi connectivity index (χ0n) is 9.15. The number of benzene rings is 1. The Morgan fingerprint density at radius 3 is 2.44 bits per heavy atom. The summed E-state index contributed by atoms with van der Waals surface area (Å²) in [4.78, 5) is 12.7. The fourth-order valence-electron chi connectivity index (χ4n) is 1.54. The summed E-state index contributed by atoms with van der Waals surface area (Å²) in [5, 5.41) is 0. The zero-order chi connectivity index (χ0) is 11.5. The fraction of sp³-hybridized carbons (Fsp3) is 0.250. The van der Waals surface area contributed by atoms with Crippen LogP contribution in [0.1, 0.15) is 12.5 Å². The molecule has 2 rings (SSSR count). The van der Waals surface area contributed by atoms with Crippen LogP contribution in [-0.4, -0.2) is 7.11 Å². The molecule has 2 aromatic rings. The minimum Gasteiger partial charge on any atom is -0.497 e. The highest BCUT2D eigenvalue weighted by molar-refractivity contribution is 7.69. The van der Waals surface area contributed by atoms with Crippen LogP contribution in [0.5, 0.6) is 5.75 Å². The molecule has 16 heavy (non-hydrogen) atoms. The van der Waals surface area contributed by atoms with Gasteiger partial charge in [0.15, 0.2) is 0 Å². The predicted octanol–water partition coefficient (Wildman–Crippen LogP) is 3.41. The maximum Gasteiger partial charge on any atom is 0.246 e. The van der Waals surface area contributed by atoms with Crippen molar-refractivity contribution < 1.29 is 4.74 Å². The molecule has 0 bridgehead atoms. The smallest absolute Gasteiger partial charge is 0.246 e. The normalized spacial score (nSPS) is 10.4. The van der Waals surface area contributed by atoms with Gasteiger partial charge in [-0.15, -0.1) is 0 Å². The van der Waals surface area contributed by atoms with Crippen LogP contribution in [0.4, 0.5) is 0 Å². The van der Waals surface area contributed by atoms with E-state index in [9.17, 15) is 4.79 Å². The quantitative estimate of drug-likeness (QED) is 0.782. The summed E-state index contributed by atoms with van der Waals surface area (Å²) in [6, 6.07) is 7.83. The number of hydrogen-bond acceptors (Lipinski definition) is 4. The van der Waals surface area contributed by atoms with Gasteiger partial charge in [-0.1, -0.05) is 17.3 Å². The lowest BCUT2D eigenvalue weighted by Crippen LogP contribution is -1.98. The second-order valence-electron chi connectivity index (χ2n) is 3.34. The van der Waals surface area contributed by atoms with Crippen LogP contribution < -0.4 is 9.48 Å². The monoisotopic (exact) mass is 252 g/mol. The van der Waals surface area contributed by atoms with E-state index < -0.39 is 0 Å². The summed E-state index contributed by atoms with van der Waals surface area (Å²) < 4.78 is 5.30. The van der Waals surface area contributed by atoms with E-state index in [1.165, 1.54) is 10.3 Å². The van der Waals surface area contributed by atoms with E-state index in [0.29, 0.717) is 0 Å². The van der Waals surface area contributed by atoms with Crippen LogP contribution in [0.15, 0.2) is 29.1 Å². The van der Waals surface area contributed by atoms with Gasteiger partial charge in [-0.25, -0.2) is 0 Å². The number of ether oxygens (including phenoxy) is 1. The highest BCUT2D eigenvalue weighted by Gasteiger charge is 2.10. The molecular weight excluding hydrogens is 240 g/mol. The Labute approximate surface area is 102 Å². The highest BCUT2D eigenvalue weighted by Crippen LogP contribution is 2.30. The molecule has 0 aliphatic rings. The van der Waals surface area contributed by atoms with Gasteiger partial charge in [-0.05, 0) is 46.6 Å². The Morgan fingerprint density at radius 2 is 1.88 bits per heavy atom. The van der Waals surface area contributed by atoms with E-state index in [2.05, 4.69) is 0 Å². The lowest BCUT2D eigenvalue weighted by molar-refractivity contribution is 0.415. The Balaban J connectivity index is 2.46. The summed E-state index contributed by atoms with van der Waals surface area (Å²) in [6.45, 7) is 2.02. The van der Waals surface area contributed by atoms with E-state index in [-0.39, 0.29) is 4.74 Å². The second-order valence-corrected chi connectivity index (χ2v) is 5.46. The van der Waals surface area contributed by atoms with Gasteiger partial charge in [0.05, 0.1) is 12.0 Å². The Hall–Kier alpha value is -1.13. The van der Waals surface area contributed by atoms with E-state index in [1.807, 2.05) is 31.2 Å². The second kappa shape index (κ2) is 4.80. The van der Waals surface area contributed by atoms with Crippen molar-refractivity contribution in [1.29, 1.82) is 0 Å². The highest BCUT2D eigenvalue weighted by atomic mass is 32.9. The van der Waals surface area contributed by atoms with Crippen molar-refractivity contribution in [3.05, 3.63) is 39.4 Å². The third-order valence-corrected chi connectivity index (χ3v) is 4.76. The van der Waals surface area contributed by atoms with E-state index >= 15 is 0 Å². The summed E-state index contributed by atoms with van der Waals surface area (Å²) in [7, 11) is 4.52. The van der Waals surface area contributed by atoms with Crippen LogP contribution >= 0.6 is 20.7 Å². The lowest BCUT2D eigenvalue weighted by Gasteiger charge is -2.02. The summed E-state index contributed by atoms with van der Waals surface area (Å²) in [6.07, 6.45) is 0.792. The third kappa shape index (κ3) is 2.03. The fourth-order valence-corrected chi connectivity index (χ4v) is 4.05. The molecule has 84 valence electrons. The molecule has 4 heteroatoms. The molecule has 2 nitrogen and oxygen atoms in total. The number of methoxy groups -OCH3 is 1. The average molecular weight is 252 g/mol. The molecule has 0 aliphatic heterocycles. The molecule has 1 heterocycles. The van der Waals surface area contributed by atoms with Gasteiger partial charge in [0, 0.05) is 5.56 Å². The van der Waals surface area contributed by atoms with Gasteiger partial charge in [0.1, 0.15) is 5.75 Å². The topological polar surface area (TPSA) is 26.3 Å². The molecule has 1 aromatic heterocycles. The summed E-state index contributed by atoms with van der Waals surface area (Å²) >= 11 is 0. The third-order valence-electron chi connectivity index (χ3n) is 2.43. The van der Waals surface area contributed by atoms with Crippen molar-refractivity contribution in [3.63, 3.8) is 0 Å². The minimum absolute atomic E-state index is 0.193. The standard InChI is InChI=1S/C12H12O2S2/c1-3-10-11(15-16-12(10)13)8-4-6-9(14-2)7-5-8/h4-7H,3H2,1-2H3. The predicted molar refractivity (Wildman–Crippen MR) is 69.8 cm³/mol. The van der Waals surface area contributed by atoms with Gasteiger partial charge in [-0.2, -0.15) is 0 Å². The van der Waals surface area contributed by atoms with Gasteiger partial charge < -0.3 is 4.74 Å². The molecule has 0 saturated heterocycles. The zero-order valence-corrected chi connectivity index (χ0v) is 10.8. The molecule has 0 atom stereocenters. The largest absolute Gasteiger partial charge is 0.497 e. The number of rotatable bonds is 3. The molecule has 0 saturated carbocycles. The molecule has 0 N–H and O–H groups in total. The van der Waals surface area contributed by atoms with Crippen molar-refractivity contribution in [2.45, 2.75) is 13.3 Å². The SMILES string of the molecule is CCc1c(-c2ccc(OC)cc2)ssc1=O. The van der Waals surface area contributed by atoms with Crippen molar-refractivity contribution >= 4 is 20.7 Å². The minimum atomic E-state index is 0.193. The first-order chi connectivity index (χ1) is 7.76. The van der Waals surface area contributed by atoms with Crippen LogP contribution in [0, 0.1) is 0 Å².